The molecule has 4 aromatic heterocycles. The number of amides is 4. The minimum absolute atomic E-state index is 0.0238. The predicted octanol–water partition coefficient (Wildman–Crippen LogP) is 17.8. The molecule has 1 fully saturated rings. The zero-order valence-electron chi connectivity index (χ0n) is 57.8. The van der Waals surface area contributed by atoms with Crippen molar-refractivity contribution in [3.63, 3.8) is 0 Å². The Bertz CT molecular complexity index is 3790. The number of halogens is 4. The van der Waals surface area contributed by atoms with Crippen LogP contribution in [0.3, 0.4) is 0 Å². The van der Waals surface area contributed by atoms with E-state index in [0.29, 0.717) is 108 Å². The van der Waals surface area contributed by atoms with Gasteiger partial charge in [-0.3, -0.25) is 19.2 Å². The molecule has 4 aromatic carbocycles. The Balaban J connectivity index is 0.000000203. The van der Waals surface area contributed by atoms with E-state index in [1.165, 1.54) is 74.7 Å². The molecule has 16 nitrogen and oxygen atoms in total. The number of carbonyl (C=O) groups excluding carboxylic acids is 4. The summed E-state index contributed by atoms with van der Waals surface area (Å²) in [6.45, 7) is 26.0. The molecule has 1 saturated carbocycles. The number of nitrogens with one attached hydrogen (secondary N) is 4. The van der Waals surface area contributed by atoms with Crippen LogP contribution in [0.15, 0.2) is 122 Å². The Morgan fingerprint density at radius 3 is 0.979 bits per heavy atom. The van der Waals surface area contributed by atoms with Gasteiger partial charge >= 0.3 is 0 Å². The Labute approximate surface area is 563 Å². The quantitative estimate of drug-likeness (QED) is 0.0466. The summed E-state index contributed by atoms with van der Waals surface area (Å²) in [6, 6.07) is 24.6. The fourth-order valence-corrected chi connectivity index (χ4v) is 10.3. The molecule has 1 aliphatic rings. The van der Waals surface area contributed by atoms with E-state index in [-0.39, 0.29) is 58.7 Å². The number of aromatic nitrogens is 8. The van der Waals surface area contributed by atoms with Crippen LogP contribution in [0.2, 0.25) is 0 Å². The number of nitrogens with zero attached hydrogens (tertiary/aromatic N) is 8. The number of carbonyl (C=O) groups is 4. The third-order valence-corrected chi connectivity index (χ3v) is 15.2. The number of hydrogen-bond donors (Lipinski definition) is 4. The first-order chi connectivity index (χ1) is 45.7. The molecule has 4 amide bonds. The lowest BCUT2D eigenvalue weighted by Gasteiger charge is -2.21. The van der Waals surface area contributed by atoms with Crippen LogP contribution < -0.4 is 21.3 Å². The van der Waals surface area contributed by atoms with E-state index in [1.54, 1.807) is 73.3 Å². The monoisotopic (exact) mass is 1310 g/mol. The third-order valence-electron chi connectivity index (χ3n) is 15.2. The SMILES string of the molecule is CC(=O)Nc1ncc(-c2ccc(F)cc2)nc1CC(C)C.CC(C)CC(=O)Nc1ncc(-c2ccc(F)cc2)nc1CC(C)C.CC(C)Cc1nc(-c2ccc(F)cc2)cnc1NC(=O)CC1CCCCC1.CCC(C)C(=O)Nc1ncc(-c2ccc(F)cc2)nc1CC(C)C. The molecule has 96 heavy (non-hydrogen) atoms. The predicted molar refractivity (Wildman–Crippen MR) is 374 cm³/mol. The van der Waals surface area contributed by atoms with Crippen molar-refractivity contribution in [3.8, 4) is 45.0 Å². The standard InChI is InChI=1S/C22H28FN3O.2C19H24FN3O.C16H18FN3O/c1-15(2)12-19-22(26-21(27)13-16-6-4-3-5-7-16)24-14-20(25-19)17-8-10-18(23)11-9-17;1-12(2)9-16-19(23-18(24)10-13(3)4)21-11-17(22-16)14-5-7-15(20)8-6-14;1-5-13(4)19(24)23-18-16(10-12(2)3)22-17(11-21-18)14-6-8-15(20)9-7-14;1-10(2)8-14-16(19-11(3)21)18-9-15(20-14)12-4-6-13(17)7-5-12/h8-11,14-16H,3-7,12-13H2,1-2H3,(H,24,26,27);5-8,11-13H,9-10H2,1-4H3,(H,21,23,24);6-9,11-13H,5,10H2,1-4H3,(H,21,23,24);4-7,9-10H,8H2,1-3H3,(H,18,19,21). The van der Waals surface area contributed by atoms with Gasteiger partial charge in [-0.05, 0) is 178 Å². The topological polar surface area (TPSA) is 220 Å². The molecule has 0 bridgehead atoms. The molecular weight excluding hydrogens is 1220 g/mol. The summed E-state index contributed by atoms with van der Waals surface area (Å²) in [5.41, 5.74) is 8.94. The summed E-state index contributed by atoms with van der Waals surface area (Å²) in [5, 5.41) is 11.4. The van der Waals surface area contributed by atoms with E-state index in [0.717, 1.165) is 70.7 Å². The Morgan fingerprint density at radius 2 is 0.698 bits per heavy atom. The molecule has 1 unspecified atom stereocenters. The average molecular weight is 1320 g/mol. The Morgan fingerprint density at radius 1 is 0.406 bits per heavy atom. The normalized spacial score (nSPS) is 12.4. The molecule has 0 saturated heterocycles. The maximum atomic E-state index is 13.2. The Hall–Kier alpha value is -9.20. The smallest absolute Gasteiger partial charge is 0.228 e. The number of benzene rings is 4. The number of anilines is 4. The lowest BCUT2D eigenvalue weighted by Crippen LogP contribution is -2.22. The lowest BCUT2D eigenvalue weighted by molar-refractivity contribution is -0.119. The van der Waals surface area contributed by atoms with Crippen molar-refractivity contribution in [3.05, 3.63) is 168 Å². The summed E-state index contributed by atoms with van der Waals surface area (Å²) in [6.07, 6.45) is 17.1. The molecule has 0 spiro atoms. The minimum Gasteiger partial charge on any atom is -0.309 e. The van der Waals surface area contributed by atoms with E-state index in [1.807, 2.05) is 27.7 Å². The molecule has 510 valence electrons. The van der Waals surface area contributed by atoms with Crippen LogP contribution in [0.25, 0.3) is 45.0 Å². The van der Waals surface area contributed by atoms with E-state index in [9.17, 15) is 36.7 Å². The van der Waals surface area contributed by atoms with Crippen LogP contribution in [0.4, 0.5) is 40.8 Å². The van der Waals surface area contributed by atoms with Gasteiger partial charge in [-0.1, -0.05) is 102 Å². The van der Waals surface area contributed by atoms with Gasteiger partial charge in [0.1, 0.15) is 23.3 Å². The van der Waals surface area contributed by atoms with Crippen molar-refractivity contribution >= 4 is 46.9 Å². The first-order valence-corrected chi connectivity index (χ1v) is 33.4. The first kappa shape index (κ1) is 75.8. The van der Waals surface area contributed by atoms with Gasteiger partial charge < -0.3 is 21.3 Å². The molecule has 20 heteroatoms. The highest BCUT2D eigenvalue weighted by atomic mass is 19.1. The van der Waals surface area contributed by atoms with Crippen LogP contribution in [-0.4, -0.2) is 63.5 Å². The summed E-state index contributed by atoms with van der Waals surface area (Å²) in [7, 11) is 0. The number of hydrogen-bond acceptors (Lipinski definition) is 12. The van der Waals surface area contributed by atoms with Crippen LogP contribution in [0.5, 0.6) is 0 Å². The van der Waals surface area contributed by atoms with Gasteiger partial charge in [-0.2, -0.15) is 0 Å². The van der Waals surface area contributed by atoms with Crippen molar-refractivity contribution in [1.29, 1.82) is 0 Å². The van der Waals surface area contributed by atoms with E-state index in [2.05, 4.69) is 112 Å². The van der Waals surface area contributed by atoms with Crippen molar-refractivity contribution < 1.29 is 36.7 Å². The van der Waals surface area contributed by atoms with Crippen molar-refractivity contribution in [2.45, 2.75) is 167 Å². The molecule has 9 rings (SSSR count). The zero-order chi connectivity index (χ0) is 70.0. The van der Waals surface area contributed by atoms with Gasteiger partial charge in [0.2, 0.25) is 23.6 Å². The van der Waals surface area contributed by atoms with Gasteiger partial charge in [0, 0.05) is 47.9 Å². The third kappa shape index (κ3) is 25.5. The van der Waals surface area contributed by atoms with Gasteiger partial charge in [-0.25, -0.2) is 57.4 Å². The van der Waals surface area contributed by atoms with Gasteiger partial charge in [0.15, 0.2) is 23.3 Å². The van der Waals surface area contributed by atoms with Crippen LogP contribution >= 0.6 is 0 Å². The van der Waals surface area contributed by atoms with E-state index >= 15 is 0 Å². The summed E-state index contributed by atoms with van der Waals surface area (Å²) < 4.78 is 52.3. The lowest BCUT2D eigenvalue weighted by atomic mass is 9.87. The maximum absolute atomic E-state index is 13.2. The van der Waals surface area contributed by atoms with E-state index < -0.39 is 0 Å². The van der Waals surface area contributed by atoms with Crippen LogP contribution in [0.1, 0.15) is 164 Å². The summed E-state index contributed by atoms with van der Waals surface area (Å²) >= 11 is 0. The Kier molecular flexibility index (Phi) is 29.8. The molecule has 0 radical (unpaired) electrons. The average Bonchev–Trinajstić information content (AvgIpc) is 0.931. The molecule has 0 aliphatic heterocycles. The molecule has 1 atom stereocenters. The van der Waals surface area contributed by atoms with Crippen molar-refractivity contribution in [1.82, 2.24) is 39.9 Å². The molecular formula is C76H94F4N12O4. The highest BCUT2D eigenvalue weighted by Crippen LogP contribution is 2.30. The fraction of sp³-hybridized carbons (Fsp3) is 0.421. The second kappa shape index (κ2) is 37.8. The molecule has 1 aliphatic carbocycles. The molecule has 4 heterocycles. The summed E-state index contributed by atoms with van der Waals surface area (Å²) in [5.74, 6) is 2.89. The van der Waals surface area contributed by atoms with Gasteiger partial charge in [0.05, 0.1) is 70.3 Å². The molecule has 4 N–H and O–H groups in total. The second-order valence-corrected chi connectivity index (χ2v) is 26.5. The van der Waals surface area contributed by atoms with Crippen LogP contribution in [-0.2, 0) is 44.9 Å². The van der Waals surface area contributed by atoms with Gasteiger partial charge in [0.25, 0.3) is 0 Å². The summed E-state index contributed by atoms with van der Waals surface area (Å²) in [4.78, 5) is 84.0. The maximum Gasteiger partial charge on any atom is 0.228 e. The second-order valence-electron chi connectivity index (χ2n) is 26.5. The zero-order valence-corrected chi connectivity index (χ0v) is 57.8. The highest BCUT2D eigenvalue weighted by molar-refractivity contribution is 5.92. The molecule has 8 aromatic rings. The van der Waals surface area contributed by atoms with E-state index in [4.69, 9.17) is 4.98 Å². The highest BCUT2D eigenvalue weighted by Gasteiger charge is 2.22. The van der Waals surface area contributed by atoms with Crippen LogP contribution in [0, 0.1) is 64.7 Å². The largest absolute Gasteiger partial charge is 0.309 e. The minimum atomic E-state index is -0.288. The van der Waals surface area contributed by atoms with Crippen molar-refractivity contribution in [2.75, 3.05) is 21.3 Å². The number of rotatable bonds is 22. The first-order valence-electron chi connectivity index (χ1n) is 33.4. The van der Waals surface area contributed by atoms with Gasteiger partial charge in [-0.15, -0.1) is 0 Å². The van der Waals surface area contributed by atoms with Crippen molar-refractivity contribution in [2.24, 2.45) is 41.4 Å². The fourth-order valence-electron chi connectivity index (χ4n) is 10.3.